The molecular weight excluding hydrogens is 208 g/mol. The van der Waals surface area contributed by atoms with Crippen LogP contribution in [0.1, 0.15) is 22.3 Å². The lowest BCUT2D eigenvalue weighted by molar-refractivity contribution is -0.107. The molecule has 0 saturated heterocycles. The molecule has 0 atom stereocenters. The molecule has 0 unspecified atom stereocenters. The van der Waals surface area contributed by atoms with Crippen LogP contribution in [0.5, 0.6) is 11.5 Å². The summed E-state index contributed by atoms with van der Waals surface area (Å²) in [4.78, 5) is 20.9. The number of rotatable bonds is 5. The topological polar surface area (TPSA) is 63.6 Å². The van der Waals surface area contributed by atoms with E-state index in [0.29, 0.717) is 17.4 Å². The van der Waals surface area contributed by atoms with Crippen molar-refractivity contribution in [2.24, 2.45) is 0 Å². The van der Waals surface area contributed by atoms with Crippen LogP contribution in [0, 0.1) is 0 Å². The molecule has 0 fully saturated rings. The highest BCUT2D eigenvalue weighted by atomic mass is 16.5. The number of hydrogen-bond donors (Lipinski definition) is 1. The van der Waals surface area contributed by atoms with E-state index in [9.17, 15) is 14.7 Å². The Morgan fingerprint density at radius 3 is 2.62 bits per heavy atom. The van der Waals surface area contributed by atoms with Crippen LogP contribution in [0.2, 0.25) is 0 Å². The number of hydrogen-bond acceptors (Lipinski definition) is 4. The fraction of sp³-hybridized carbons (Fsp3) is 0.167. The Bertz CT molecular complexity index is 421. The van der Waals surface area contributed by atoms with Crippen LogP contribution in [0.4, 0.5) is 0 Å². The lowest BCUT2D eigenvalue weighted by atomic mass is 10.1. The quantitative estimate of drug-likeness (QED) is 0.769. The van der Waals surface area contributed by atoms with Gasteiger partial charge in [-0.2, -0.15) is 0 Å². The lowest BCUT2D eigenvalue weighted by Gasteiger charge is -2.06. The molecule has 1 N–H and O–H groups in total. The standard InChI is InChI=1S/C12H12O4/c1-16-12-7-9(4-2-3-5-13)10(8-14)6-11(12)15/h2,4-8,15H,3H2,1H3. The Morgan fingerprint density at radius 1 is 1.31 bits per heavy atom. The molecule has 0 heterocycles. The van der Waals surface area contributed by atoms with E-state index in [1.807, 2.05) is 0 Å². The molecule has 4 nitrogen and oxygen atoms in total. The molecule has 0 amide bonds. The summed E-state index contributed by atoms with van der Waals surface area (Å²) in [5.74, 6) is 0.202. The molecule has 1 aromatic rings. The molecule has 0 bridgehead atoms. The number of phenolic OH excluding ortho intramolecular Hbond substituents is 1. The minimum absolute atomic E-state index is 0.0860. The zero-order chi connectivity index (χ0) is 12.0. The van der Waals surface area contributed by atoms with E-state index in [4.69, 9.17) is 4.74 Å². The van der Waals surface area contributed by atoms with E-state index in [1.54, 1.807) is 18.2 Å². The van der Waals surface area contributed by atoms with Gasteiger partial charge in [-0.15, -0.1) is 0 Å². The van der Waals surface area contributed by atoms with Crippen molar-refractivity contribution in [3.8, 4) is 11.5 Å². The number of benzene rings is 1. The van der Waals surface area contributed by atoms with Gasteiger partial charge in [-0.05, 0) is 17.7 Å². The number of methoxy groups -OCH3 is 1. The van der Waals surface area contributed by atoms with Crippen LogP contribution in [-0.2, 0) is 4.79 Å². The van der Waals surface area contributed by atoms with E-state index in [0.717, 1.165) is 6.29 Å². The van der Waals surface area contributed by atoms with Crippen LogP contribution < -0.4 is 4.74 Å². The predicted octanol–water partition coefficient (Wildman–Crippen LogP) is 1.82. The molecule has 0 aliphatic rings. The monoisotopic (exact) mass is 220 g/mol. The fourth-order valence-corrected chi connectivity index (χ4v) is 1.26. The van der Waals surface area contributed by atoms with Gasteiger partial charge in [0.05, 0.1) is 7.11 Å². The highest BCUT2D eigenvalue weighted by Crippen LogP contribution is 2.29. The molecule has 0 aliphatic carbocycles. The molecular formula is C12H12O4. The second-order valence-electron chi connectivity index (χ2n) is 3.08. The number of carbonyl (C=O) groups excluding carboxylic acids is 2. The molecule has 1 aromatic carbocycles. The van der Waals surface area contributed by atoms with Gasteiger partial charge in [0.15, 0.2) is 17.8 Å². The minimum Gasteiger partial charge on any atom is -0.504 e. The average Bonchev–Trinajstić information content (AvgIpc) is 2.30. The second-order valence-corrected chi connectivity index (χ2v) is 3.08. The summed E-state index contributed by atoms with van der Waals surface area (Å²) >= 11 is 0. The third kappa shape index (κ3) is 2.70. The zero-order valence-electron chi connectivity index (χ0n) is 8.84. The molecule has 16 heavy (non-hydrogen) atoms. The predicted molar refractivity (Wildman–Crippen MR) is 59.8 cm³/mol. The van der Waals surface area contributed by atoms with Crippen molar-refractivity contribution in [2.45, 2.75) is 6.42 Å². The first-order valence-electron chi connectivity index (χ1n) is 4.69. The molecule has 0 saturated carbocycles. The summed E-state index contributed by atoms with van der Waals surface area (Å²) in [6, 6.07) is 2.87. The SMILES string of the molecule is COc1cc(C=CCC=O)c(C=O)cc1O. The molecule has 0 aromatic heterocycles. The Hall–Kier alpha value is -2.10. The van der Waals surface area contributed by atoms with Gasteiger partial charge >= 0.3 is 0 Å². The molecule has 84 valence electrons. The Balaban J connectivity index is 3.14. The third-order valence-electron chi connectivity index (χ3n) is 2.04. The Kier molecular flexibility index (Phi) is 4.27. The highest BCUT2D eigenvalue weighted by molar-refractivity contribution is 5.83. The summed E-state index contributed by atoms with van der Waals surface area (Å²) in [6.45, 7) is 0. The maximum absolute atomic E-state index is 10.8. The maximum Gasteiger partial charge on any atom is 0.161 e. The minimum atomic E-state index is -0.0860. The number of ether oxygens (including phenoxy) is 1. The molecule has 0 radical (unpaired) electrons. The van der Waals surface area contributed by atoms with Gasteiger partial charge in [0.1, 0.15) is 6.29 Å². The van der Waals surface area contributed by atoms with Gasteiger partial charge in [-0.25, -0.2) is 0 Å². The smallest absolute Gasteiger partial charge is 0.161 e. The van der Waals surface area contributed by atoms with Crippen LogP contribution >= 0.6 is 0 Å². The number of carbonyl (C=O) groups is 2. The first-order valence-corrected chi connectivity index (χ1v) is 4.69. The number of aromatic hydroxyl groups is 1. The van der Waals surface area contributed by atoms with E-state index in [1.165, 1.54) is 13.2 Å². The van der Waals surface area contributed by atoms with E-state index in [2.05, 4.69) is 0 Å². The molecule has 1 rings (SSSR count). The van der Waals surface area contributed by atoms with Gasteiger partial charge in [0.2, 0.25) is 0 Å². The first-order chi connectivity index (χ1) is 7.72. The van der Waals surface area contributed by atoms with E-state index >= 15 is 0 Å². The number of allylic oxidation sites excluding steroid dienone is 1. The number of phenols is 1. The largest absolute Gasteiger partial charge is 0.504 e. The summed E-state index contributed by atoms with van der Waals surface area (Å²) in [6.07, 6.45) is 4.95. The van der Waals surface area contributed by atoms with Gasteiger partial charge in [0, 0.05) is 12.0 Å². The van der Waals surface area contributed by atoms with Crippen molar-refractivity contribution in [2.75, 3.05) is 7.11 Å². The van der Waals surface area contributed by atoms with Gasteiger partial charge in [0.25, 0.3) is 0 Å². The van der Waals surface area contributed by atoms with Crippen molar-refractivity contribution in [3.05, 3.63) is 29.3 Å². The van der Waals surface area contributed by atoms with E-state index in [-0.39, 0.29) is 17.9 Å². The fourth-order valence-electron chi connectivity index (χ4n) is 1.26. The average molecular weight is 220 g/mol. The van der Waals surface area contributed by atoms with Gasteiger partial charge < -0.3 is 14.6 Å². The Morgan fingerprint density at radius 2 is 2.06 bits per heavy atom. The highest BCUT2D eigenvalue weighted by Gasteiger charge is 2.06. The first kappa shape index (κ1) is 12.0. The van der Waals surface area contributed by atoms with Crippen molar-refractivity contribution >= 4 is 18.6 Å². The van der Waals surface area contributed by atoms with E-state index < -0.39 is 0 Å². The summed E-state index contributed by atoms with van der Waals surface area (Å²) in [7, 11) is 1.43. The van der Waals surface area contributed by atoms with Crippen molar-refractivity contribution in [1.82, 2.24) is 0 Å². The van der Waals surface area contributed by atoms with Crippen LogP contribution in [-0.4, -0.2) is 24.8 Å². The second kappa shape index (κ2) is 5.70. The van der Waals surface area contributed by atoms with Crippen molar-refractivity contribution in [1.29, 1.82) is 0 Å². The maximum atomic E-state index is 10.8. The van der Waals surface area contributed by atoms with Crippen LogP contribution in [0.15, 0.2) is 18.2 Å². The zero-order valence-corrected chi connectivity index (χ0v) is 8.84. The van der Waals surface area contributed by atoms with Gasteiger partial charge in [-0.1, -0.05) is 12.2 Å². The third-order valence-corrected chi connectivity index (χ3v) is 2.04. The van der Waals surface area contributed by atoms with Crippen LogP contribution in [0.3, 0.4) is 0 Å². The molecule has 0 spiro atoms. The summed E-state index contributed by atoms with van der Waals surface area (Å²) < 4.78 is 4.92. The number of aldehydes is 2. The Labute approximate surface area is 93.2 Å². The van der Waals surface area contributed by atoms with Crippen molar-refractivity contribution in [3.63, 3.8) is 0 Å². The molecule has 0 aliphatic heterocycles. The normalized spacial score (nSPS) is 10.3. The summed E-state index contributed by atoms with van der Waals surface area (Å²) in [5, 5.41) is 9.45. The van der Waals surface area contributed by atoms with Crippen LogP contribution in [0.25, 0.3) is 6.08 Å². The molecule has 4 heteroatoms. The van der Waals surface area contributed by atoms with Crippen molar-refractivity contribution < 1.29 is 19.4 Å². The summed E-state index contributed by atoms with van der Waals surface area (Å²) in [5.41, 5.74) is 0.951. The van der Waals surface area contributed by atoms with Gasteiger partial charge in [-0.3, -0.25) is 4.79 Å². The lowest BCUT2D eigenvalue weighted by Crippen LogP contribution is -1.90.